The second-order valence-corrected chi connectivity index (χ2v) is 8.65. The largest absolute Gasteiger partial charge is 0.507 e. The molecule has 0 heterocycles. The van der Waals surface area contributed by atoms with Crippen molar-refractivity contribution >= 4 is 23.0 Å². The van der Waals surface area contributed by atoms with Gasteiger partial charge in [0.05, 0.1) is 0 Å². The number of rotatable bonds is 6. The van der Waals surface area contributed by atoms with Crippen molar-refractivity contribution in [2.45, 2.75) is 65.2 Å². The first-order valence-corrected chi connectivity index (χ1v) is 9.05. The van der Waals surface area contributed by atoms with E-state index in [0.29, 0.717) is 12.2 Å². The lowest BCUT2D eigenvalue weighted by Crippen LogP contribution is -2.18. The van der Waals surface area contributed by atoms with Crippen LogP contribution in [0.3, 0.4) is 0 Å². The Balaban J connectivity index is 2.86. The molecule has 0 saturated heterocycles. The summed E-state index contributed by atoms with van der Waals surface area (Å²) in [4.78, 5) is 22.3. The first-order valence-electron chi connectivity index (χ1n) is 8.67. The van der Waals surface area contributed by atoms with Crippen LogP contribution in [0.1, 0.15) is 64.7 Å². The quantitative estimate of drug-likeness (QED) is 0.431. The second-order valence-electron chi connectivity index (χ2n) is 8.35. The van der Waals surface area contributed by atoms with Crippen molar-refractivity contribution in [1.82, 2.24) is 0 Å². The number of esters is 1. The third-order valence-corrected chi connectivity index (χ3v) is 4.07. The first-order chi connectivity index (χ1) is 11.8. The van der Waals surface area contributed by atoms with E-state index in [-0.39, 0.29) is 36.4 Å². The molecule has 6 heteroatoms. The van der Waals surface area contributed by atoms with Crippen molar-refractivity contribution in [2.24, 2.45) is 0 Å². The summed E-state index contributed by atoms with van der Waals surface area (Å²) in [5.41, 5.74) is 1.35. The van der Waals surface area contributed by atoms with Gasteiger partial charge in [0.25, 0.3) is 0 Å². The zero-order valence-electron chi connectivity index (χ0n) is 16.4. The molecule has 0 aromatic heterocycles. The highest BCUT2D eigenvalue weighted by molar-refractivity contribution is 6.61. The molecule has 0 aliphatic heterocycles. The molecule has 0 aliphatic rings. The number of carbonyl (C=O) groups excluding carboxylic acids is 2. The fourth-order valence-corrected chi connectivity index (χ4v) is 2.66. The molecule has 0 bridgehead atoms. The minimum absolute atomic E-state index is 0.0205. The summed E-state index contributed by atoms with van der Waals surface area (Å²) < 4.78 is 9.50. The second kappa shape index (κ2) is 8.76. The molecule has 0 amide bonds. The maximum atomic E-state index is 11.8. The monoisotopic (exact) mass is 384 g/mol. The molecule has 0 atom stereocenters. The Bertz CT molecular complexity index is 618. The van der Waals surface area contributed by atoms with Gasteiger partial charge in [-0.15, -0.1) is 0 Å². The number of aromatic hydroxyl groups is 1. The maximum Gasteiger partial charge on any atom is 0.403 e. The molecule has 0 unspecified atom stereocenters. The predicted molar refractivity (Wildman–Crippen MR) is 102 cm³/mol. The van der Waals surface area contributed by atoms with Gasteiger partial charge in [0.1, 0.15) is 19.0 Å². The van der Waals surface area contributed by atoms with Crippen molar-refractivity contribution in [3.8, 4) is 5.75 Å². The molecule has 1 N–H and O–H groups in total. The number of hydrogen-bond donors (Lipinski definition) is 1. The molecule has 1 rings (SSSR count). The molecule has 0 radical (unpaired) electrons. The van der Waals surface area contributed by atoms with Crippen LogP contribution < -0.4 is 0 Å². The number of benzene rings is 1. The van der Waals surface area contributed by atoms with Crippen LogP contribution >= 0.6 is 11.6 Å². The van der Waals surface area contributed by atoms with E-state index < -0.39 is 5.43 Å². The molecule has 0 saturated carbocycles. The van der Waals surface area contributed by atoms with Crippen molar-refractivity contribution < 1.29 is 24.2 Å². The highest BCUT2D eigenvalue weighted by Gasteiger charge is 2.26. The van der Waals surface area contributed by atoms with Crippen molar-refractivity contribution in [3.63, 3.8) is 0 Å². The Kier molecular flexibility index (Phi) is 7.51. The maximum absolute atomic E-state index is 11.8. The first kappa shape index (κ1) is 22.3. The normalized spacial score (nSPS) is 12.0. The third kappa shape index (κ3) is 6.87. The molecule has 1 aromatic rings. The number of phenols is 1. The number of phenolic OH excluding ortho intramolecular Hbond substituents is 1. The zero-order chi connectivity index (χ0) is 20.1. The smallest absolute Gasteiger partial charge is 0.403 e. The third-order valence-electron chi connectivity index (χ3n) is 3.97. The minimum atomic E-state index is -0.922. The summed E-state index contributed by atoms with van der Waals surface area (Å²) in [6.45, 7) is 12.2. The Morgan fingerprint density at radius 3 is 1.85 bits per heavy atom. The lowest BCUT2D eigenvalue weighted by molar-refractivity contribution is -0.144. The predicted octanol–water partition coefficient (Wildman–Crippen LogP) is 4.84. The Morgan fingerprint density at radius 1 is 0.962 bits per heavy atom. The Hall–Kier alpha value is -1.75. The standard InChI is InChI=1S/C20H29ClO5/c1-19(2,3)14-11-13(12-15(17(14)23)20(4,5)6)7-8-16(22)25-9-10-26-18(21)24/h11-12,23H,7-10H2,1-6H3. The van der Waals surface area contributed by atoms with E-state index in [0.717, 1.165) is 16.7 Å². The van der Waals surface area contributed by atoms with Gasteiger partial charge in [-0.2, -0.15) is 0 Å². The van der Waals surface area contributed by atoms with Crippen LogP contribution in [0.4, 0.5) is 4.79 Å². The summed E-state index contributed by atoms with van der Waals surface area (Å²) in [6.07, 6.45) is 0.702. The Labute approximate surface area is 160 Å². The van der Waals surface area contributed by atoms with Crippen LogP contribution in [0, 0.1) is 0 Å². The molecule has 26 heavy (non-hydrogen) atoms. The number of aryl methyl sites for hydroxylation is 1. The summed E-state index contributed by atoms with van der Waals surface area (Å²) >= 11 is 5.03. The molecule has 0 fully saturated rings. The van der Waals surface area contributed by atoms with Crippen molar-refractivity contribution in [3.05, 3.63) is 28.8 Å². The fourth-order valence-electron chi connectivity index (χ4n) is 2.58. The molecule has 146 valence electrons. The van der Waals surface area contributed by atoms with E-state index in [1.165, 1.54) is 0 Å². The highest BCUT2D eigenvalue weighted by atomic mass is 35.5. The van der Waals surface area contributed by atoms with Crippen LogP contribution in [-0.4, -0.2) is 29.7 Å². The van der Waals surface area contributed by atoms with Crippen LogP contribution in [0.25, 0.3) is 0 Å². The number of ether oxygens (including phenoxy) is 2. The van der Waals surface area contributed by atoms with Gasteiger partial charge in [-0.25, -0.2) is 4.79 Å². The van der Waals surface area contributed by atoms with Crippen molar-refractivity contribution in [2.75, 3.05) is 13.2 Å². The van der Waals surface area contributed by atoms with Gasteiger partial charge in [-0.3, -0.25) is 4.79 Å². The lowest BCUT2D eigenvalue weighted by atomic mass is 9.78. The average Bonchev–Trinajstić information content (AvgIpc) is 2.48. The average molecular weight is 385 g/mol. The SMILES string of the molecule is CC(C)(C)c1cc(CCC(=O)OCCOC(=O)Cl)cc(C(C)(C)C)c1O. The van der Waals surface area contributed by atoms with Crippen LogP contribution in [-0.2, 0) is 31.5 Å². The highest BCUT2D eigenvalue weighted by Crippen LogP contribution is 2.39. The van der Waals surface area contributed by atoms with Gasteiger partial charge in [-0.05, 0) is 33.9 Å². The minimum Gasteiger partial charge on any atom is -0.507 e. The van der Waals surface area contributed by atoms with E-state index in [1.54, 1.807) is 0 Å². The summed E-state index contributed by atoms with van der Waals surface area (Å²) in [5, 5.41) is 10.7. The Morgan fingerprint density at radius 2 is 1.42 bits per heavy atom. The van der Waals surface area contributed by atoms with E-state index in [2.05, 4.69) is 4.74 Å². The van der Waals surface area contributed by atoms with Gasteiger partial charge >= 0.3 is 11.4 Å². The fraction of sp³-hybridized carbons (Fsp3) is 0.600. The van der Waals surface area contributed by atoms with E-state index in [9.17, 15) is 14.7 Å². The number of hydrogen-bond acceptors (Lipinski definition) is 5. The number of halogens is 1. The summed E-state index contributed by atoms with van der Waals surface area (Å²) in [7, 11) is 0. The lowest BCUT2D eigenvalue weighted by Gasteiger charge is -2.28. The summed E-state index contributed by atoms with van der Waals surface area (Å²) in [6, 6.07) is 3.90. The molecule has 1 aromatic carbocycles. The van der Waals surface area contributed by atoms with E-state index in [4.69, 9.17) is 16.3 Å². The van der Waals surface area contributed by atoms with E-state index in [1.807, 2.05) is 53.7 Å². The molecule has 0 spiro atoms. The number of carbonyl (C=O) groups is 2. The molecular weight excluding hydrogens is 356 g/mol. The van der Waals surface area contributed by atoms with Crippen LogP contribution in [0.2, 0.25) is 0 Å². The van der Waals surface area contributed by atoms with Gasteiger partial charge in [-0.1, -0.05) is 53.7 Å². The van der Waals surface area contributed by atoms with Crippen LogP contribution in [0.5, 0.6) is 5.75 Å². The summed E-state index contributed by atoms with van der Waals surface area (Å²) in [5.74, 6) is -0.0578. The van der Waals surface area contributed by atoms with Gasteiger partial charge in [0.15, 0.2) is 0 Å². The van der Waals surface area contributed by atoms with Gasteiger partial charge in [0.2, 0.25) is 0 Å². The van der Waals surface area contributed by atoms with Crippen LogP contribution in [0.15, 0.2) is 12.1 Å². The van der Waals surface area contributed by atoms with Crippen molar-refractivity contribution in [1.29, 1.82) is 0 Å². The zero-order valence-corrected chi connectivity index (χ0v) is 17.2. The van der Waals surface area contributed by atoms with Gasteiger partial charge in [0, 0.05) is 18.0 Å². The molecule has 5 nitrogen and oxygen atoms in total. The van der Waals surface area contributed by atoms with Gasteiger partial charge < -0.3 is 14.6 Å². The molecule has 0 aliphatic carbocycles. The molecular formula is C20H29ClO5. The topological polar surface area (TPSA) is 72.8 Å². The van der Waals surface area contributed by atoms with E-state index >= 15 is 0 Å².